The Morgan fingerprint density at radius 2 is 1.65 bits per heavy atom. The Morgan fingerprint density at radius 1 is 1.00 bits per heavy atom. The van der Waals surface area contributed by atoms with Crippen molar-refractivity contribution in [1.29, 1.82) is 0 Å². The SMILES string of the molecule is CCCCCCCC(CCC(C)OC(C)=O)OS(=O)(=O)c1ccccc1. The molecule has 148 valence electrons. The minimum Gasteiger partial charge on any atom is -0.463 e. The Morgan fingerprint density at radius 3 is 2.27 bits per heavy atom. The molecule has 2 unspecified atom stereocenters. The van der Waals surface area contributed by atoms with Gasteiger partial charge in [0.2, 0.25) is 0 Å². The van der Waals surface area contributed by atoms with Crippen molar-refractivity contribution in [2.24, 2.45) is 0 Å². The summed E-state index contributed by atoms with van der Waals surface area (Å²) >= 11 is 0. The second-order valence-electron chi connectivity index (χ2n) is 6.69. The van der Waals surface area contributed by atoms with Gasteiger partial charge in [-0.1, -0.05) is 57.2 Å². The van der Waals surface area contributed by atoms with Crippen molar-refractivity contribution >= 4 is 16.1 Å². The highest BCUT2D eigenvalue weighted by Crippen LogP contribution is 2.21. The first-order chi connectivity index (χ1) is 12.3. The van der Waals surface area contributed by atoms with Crippen molar-refractivity contribution in [3.05, 3.63) is 30.3 Å². The number of carbonyl (C=O) groups excluding carboxylic acids is 1. The van der Waals surface area contributed by atoms with Gasteiger partial charge in [-0.05, 0) is 38.3 Å². The maximum absolute atomic E-state index is 12.5. The molecule has 0 radical (unpaired) electrons. The van der Waals surface area contributed by atoms with Crippen LogP contribution in [-0.2, 0) is 23.8 Å². The minimum absolute atomic E-state index is 0.170. The van der Waals surface area contributed by atoms with E-state index in [0.29, 0.717) is 19.3 Å². The Bertz CT molecular complexity index is 612. The average molecular weight is 385 g/mol. The van der Waals surface area contributed by atoms with Gasteiger partial charge < -0.3 is 4.74 Å². The van der Waals surface area contributed by atoms with Crippen LogP contribution in [0.2, 0.25) is 0 Å². The molecule has 0 aliphatic rings. The number of unbranched alkanes of at least 4 members (excludes halogenated alkanes) is 4. The molecular weight excluding hydrogens is 352 g/mol. The molecule has 0 heterocycles. The van der Waals surface area contributed by atoms with Gasteiger partial charge >= 0.3 is 5.97 Å². The normalized spacial score (nSPS) is 14.0. The number of esters is 1. The highest BCUT2D eigenvalue weighted by atomic mass is 32.2. The standard InChI is InChI=1S/C20H32O5S/c1-4-5-6-7-9-12-19(16-15-17(2)24-18(3)21)25-26(22,23)20-13-10-8-11-14-20/h8,10-11,13-14,17,19H,4-7,9,12,15-16H2,1-3H3. The molecule has 6 heteroatoms. The van der Waals surface area contributed by atoms with Crippen LogP contribution in [-0.4, -0.2) is 26.6 Å². The molecule has 26 heavy (non-hydrogen) atoms. The largest absolute Gasteiger partial charge is 0.463 e. The molecule has 0 bridgehead atoms. The van der Waals surface area contributed by atoms with Gasteiger partial charge in [-0.2, -0.15) is 8.42 Å². The summed E-state index contributed by atoms with van der Waals surface area (Å²) in [6.07, 6.45) is 6.64. The van der Waals surface area contributed by atoms with Crippen molar-refractivity contribution in [2.75, 3.05) is 0 Å². The van der Waals surface area contributed by atoms with E-state index in [1.807, 2.05) is 6.92 Å². The van der Waals surface area contributed by atoms with Crippen LogP contribution in [0, 0.1) is 0 Å². The van der Waals surface area contributed by atoms with E-state index in [1.54, 1.807) is 18.2 Å². The van der Waals surface area contributed by atoms with Crippen molar-refractivity contribution in [2.45, 2.75) is 89.2 Å². The number of ether oxygens (including phenoxy) is 1. The van der Waals surface area contributed by atoms with Gasteiger partial charge in [-0.3, -0.25) is 8.98 Å². The van der Waals surface area contributed by atoms with Gasteiger partial charge in [0.1, 0.15) is 0 Å². The topological polar surface area (TPSA) is 69.7 Å². The molecule has 1 aromatic rings. The van der Waals surface area contributed by atoms with Crippen molar-refractivity contribution in [1.82, 2.24) is 0 Å². The molecular formula is C20H32O5S. The number of carbonyl (C=O) groups is 1. The summed E-state index contributed by atoms with van der Waals surface area (Å²) in [6, 6.07) is 8.20. The lowest BCUT2D eigenvalue weighted by Gasteiger charge is -2.20. The molecule has 0 aliphatic heterocycles. The van der Waals surface area contributed by atoms with Gasteiger partial charge in [-0.15, -0.1) is 0 Å². The fourth-order valence-corrected chi connectivity index (χ4v) is 3.95. The molecule has 0 aliphatic carbocycles. The summed E-state index contributed by atoms with van der Waals surface area (Å²) in [6.45, 7) is 5.35. The zero-order valence-electron chi connectivity index (χ0n) is 16.1. The van der Waals surface area contributed by atoms with E-state index in [2.05, 4.69) is 6.92 Å². The van der Waals surface area contributed by atoms with E-state index >= 15 is 0 Å². The summed E-state index contributed by atoms with van der Waals surface area (Å²) in [5.74, 6) is -0.327. The van der Waals surface area contributed by atoms with Crippen LogP contribution >= 0.6 is 0 Å². The minimum atomic E-state index is -3.79. The molecule has 5 nitrogen and oxygen atoms in total. The summed E-state index contributed by atoms with van der Waals surface area (Å²) in [5.41, 5.74) is 0. The van der Waals surface area contributed by atoms with E-state index in [0.717, 1.165) is 19.3 Å². The molecule has 1 aromatic carbocycles. The fraction of sp³-hybridized carbons (Fsp3) is 0.650. The van der Waals surface area contributed by atoms with Crippen LogP contribution in [0.4, 0.5) is 0 Å². The highest BCUT2D eigenvalue weighted by molar-refractivity contribution is 7.86. The first-order valence-electron chi connectivity index (χ1n) is 9.50. The Balaban J connectivity index is 2.65. The quantitative estimate of drug-likeness (QED) is 0.276. The van der Waals surface area contributed by atoms with Crippen LogP contribution in [0.15, 0.2) is 35.2 Å². The number of hydrogen-bond donors (Lipinski definition) is 0. The van der Waals surface area contributed by atoms with Crippen molar-refractivity contribution < 1.29 is 22.1 Å². The number of benzene rings is 1. The Labute approximate surface area is 158 Å². The third-order valence-corrected chi connectivity index (χ3v) is 5.56. The molecule has 0 amide bonds. The predicted molar refractivity (Wildman–Crippen MR) is 102 cm³/mol. The number of hydrogen-bond acceptors (Lipinski definition) is 5. The molecule has 0 aromatic heterocycles. The Hall–Kier alpha value is -1.40. The van der Waals surface area contributed by atoms with E-state index in [1.165, 1.54) is 31.9 Å². The average Bonchev–Trinajstić information content (AvgIpc) is 2.59. The summed E-state index contributed by atoms with van der Waals surface area (Å²) in [7, 11) is -3.79. The van der Waals surface area contributed by atoms with Crippen LogP contribution < -0.4 is 0 Å². The van der Waals surface area contributed by atoms with Crippen LogP contribution in [0.25, 0.3) is 0 Å². The van der Waals surface area contributed by atoms with Crippen LogP contribution in [0.3, 0.4) is 0 Å². The third-order valence-electron chi connectivity index (χ3n) is 4.19. The van der Waals surface area contributed by atoms with Gasteiger partial charge in [0.05, 0.1) is 17.1 Å². The third kappa shape index (κ3) is 9.34. The molecule has 2 atom stereocenters. The highest BCUT2D eigenvalue weighted by Gasteiger charge is 2.22. The first kappa shape index (κ1) is 22.6. The first-order valence-corrected chi connectivity index (χ1v) is 10.9. The van der Waals surface area contributed by atoms with Crippen molar-refractivity contribution in [3.8, 4) is 0 Å². The fourth-order valence-electron chi connectivity index (χ4n) is 2.80. The second kappa shape index (κ2) is 12.1. The maximum atomic E-state index is 12.5. The lowest BCUT2D eigenvalue weighted by Crippen LogP contribution is -2.22. The zero-order chi connectivity index (χ0) is 19.4. The van der Waals surface area contributed by atoms with Crippen LogP contribution in [0.1, 0.15) is 72.1 Å². The lowest BCUT2D eigenvalue weighted by atomic mass is 10.0. The monoisotopic (exact) mass is 384 g/mol. The Kier molecular flexibility index (Phi) is 10.5. The molecule has 0 N–H and O–H groups in total. The van der Waals surface area contributed by atoms with E-state index < -0.39 is 16.2 Å². The molecule has 0 fully saturated rings. The smallest absolute Gasteiger partial charge is 0.302 e. The molecule has 0 saturated carbocycles. The predicted octanol–water partition coefficient (Wildman–Crippen LogP) is 4.85. The molecule has 0 saturated heterocycles. The van der Waals surface area contributed by atoms with Gasteiger partial charge in [0.25, 0.3) is 10.1 Å². The zero-order valence-corrected chi connectivity index (χ0v) is 17.0. The molecule has 1 rings (SSSR count). The maximum Gasteiger partial charge on any atom is 0.302 e. The van der Waals surface area contributed by atoms with Gasteiger partial charge in [-0.25, -0.2) is 0 Å². The van der Waals surface area contributed by atoms with E-state index in [9.17, 15) is 13.2 Å². The van der Waals surface area contributed by atoms with Gasteiger partial charge in [0, 0.05) is 6.92 Å². The second-order valence-corrected chi connectivity index (χ2v) is 8.26. The van der Waals surface area contributed by atoms with E-state index in [4.69, 9.17) is 8.92 Å². The molecule has 0 spiro atoms. The van der Waals surface area contributed by atoms with Crippen molar-refractivity contribution in [3.63, 3.8) is 0 Å². The summed E-state index contributed by atoms with van der Waals surface area (Å²) in [4.78, 5) is 11.2. The van der Waals surface area contributed by atoms with E-state index in [-0.39, 0.29) is 17.0 Å². The summed E-state index contributed by atoms with van der Waals surface area (Å²) in [5, 5.41) is 0. The van der Waals surface area contributed by atoms with Gasteiger partial charge in [0.15, 0.2) is 0 Å². The lowest BCUT2D eigenvalue weighted by molar-refractivity contribution is -0.145. The van der Waals surface area contributed by atoms with Crippen LogP contribution in [0.5, 0.6) is 0 Å². The summed E-state index contributed by atoms with van der Waals surface area (Å²) < 4.78 is 35.6. The number of rotatable bonds is 13.